The molecule has 2 fully saturated rings. The highest BCUT2D eigenvalue weighted by atomic mass is 32.2. The lowest BCUT2D eigenvalue weighted by Crippen LogP contribution is -2.82. The average Bonchev–Trinajstić information content (AvgIpc) is 2.81. The Kier molecular flexibility index (Phi) is 4.14. The molecule has 2 aliphatic rings. The number of β-lactam (4-membered cyclic amide) rings is 1. The Hall–Kier alpha value is -2.35. The van der Waals surface area contributed by atoms with Crippen molar-refractivity contribution >= 4 is 35.3 Å². The van der Waals surface area contributed by atoms with Crippen LogP contribution in [-0.4, -0.2) is 55.3 Å². The van der Waals surface area contributed by atoms with E-state index >= 15 is 0 Å². The minimum atomic E-state index is -1.73. The first-order valence-corrected chi connectivity index (χ1v) is 9.04. The van der Waals surface area contributed by atoms with Gasteiger partial charge in [0.15, 0.2) is 5.78 Å². The van der Waals surface area contributed by atoms with Crippen molar-refractivity contribution in [3.63, 3.8) is 0 Å². The molecule has 2 saturated heterocycles. The number of benzene rings is 1. The Bertz CT molecular complexity index is 837. The first kappa shape index (κ1) is 18.4. The highest BCUT2D eigenvalue weighted by Crippen LogP contribution is 2.55. The van der Waals surface area contributed by atoms with Gasteiger partial charge in [0.05, 0.1) is 0 Å². The molecule has 2 amide bonds. The number of nitrogens with one attached hydrogen (secondary N) is 1. The van der Waals surface area contributed by atoms with Crippen molar-refractivity contribution in [1.29, 1.82) is 0 Å². The highest BCUT2D eigenvalue weighted by Gasteiger charge is 2.74. The molecule has 0 spiro atoms. The summed E-state index contributed by atoms with van der Waals surface area (Å²) in [7, 11) is 0. The topological polar surface area (TPSA) is 104 Å². The summed E-state index contributed by atoms with van der Waals surface area (Å²) in [5, 5.41) is 11.4. The van der Waals surface area contributed by atoms with Crippen LogP contribution in [0.15, 0.2) is 24.3 Å². The third kappa shape index (κ3) is 2.35. The molecule has 0 aliphatic carbocycles. The summed E-state index contributed by atoms with van der Waals surface area (Å²) in [6, 6.07) is 5.82. The number of amides is 2. The smallest absolute Gasteiger partial charge is 0.327 e. The van der Waals surface area contributed by atoms with Crippen molar-refractivity contribution in [3.8, 4) is 0 Å². The van der Waals surface area contributed by atoms with Crippen LogP contribution in [0.1, 0.15) is 36.7 Å². The highest BCUT2D eigenvalue weighted by molar-refractivity contribution is 8.01. The number of nitrogens with zero attached hydrogens (tertiary/aromatic N) is 1. The van der Waals surface area contributed by atoms with Crippen LogP contribution in [0.4, 0.5) is 0 Å². The standard InChI is InChI=1S/C18H20N2O5S/c1-9-7-5-6-8-11(9)13(22)19-18(10(2)21)15(25)20-12(14(23)24)17(3,4)26-16(18)20/h5-8,12,16H,1-4H3,(H,19,22)(H,23,24)/t12-,16+,18?/m0/s1. The maximum Gasteiger partial charge on any atom is 0.327 e. The fraction of sp³-hybridized carbons (Fsp3) is 0.444. The molecule has 8 heteroatoms. The van der Waals surface area contributed by atoms with Gasteiger partial charge in [0.2, 0.25) is 5.54 Å². The summed E-state index contributed by atoms with van der Waals surface area (Å²) >= 11 is 1.22. The lowest BCUT2D eigenvalue weighted by atomic mass is 9.81. The molecule has 0 saturated carbocycles. The summed E-state index contributed by atoms with van der Waals surface area (Å²) in [4.78, 5) is 50.9. The molecular formula is C18H20N2O5S. The van der Waals surface area contributed by atoms with Gasteiger partial charge in [0.1, 0.15) is 11.4 Å². The van der Waals surface area contributed by atoms with Crippen LogP contribution in [0, 0.1) is 6.92 Å². The van der Waals surface area contributed by atoms with Crippen molar-refractivity contribution in [2.45, 2.75) is 49.4 Å². The fourth-order valence-corrected chi connectivity index (χ4v) is 5.41. The number of ketones is 1. The molecule has 26 heavy (non-hydrogen) atoms. The minimum Gasteiger partial charge on any atom is -0.480 e. The van der Waals surface area contributed by atoms with Crippen LogP contribution in [0.5, 0.6) is 0 Å². The molecule has 1 unspecified atom stereocenters. The van der Waals surface area contributed by atoms with E-state index in [2.05, 4.69) is 5.32 Å². The van der Waals surface area contributed by atoms with Crippen LogP contribution in [-0.2, 0) is 14.4 Å². The number of Topliss-reactive ketones (excluding diaryl/α,β-unsaturated/α-hetero) is 1. The first-order chi connectivity index (χ1) is 12.0. The Morgan fingerprint density at radius 1 is 1.23 bits per heavy atom. The van der Waals surface area contributed by atoms with Gasteiger partial charge in [-0.15, -0.1) is 11.8 Å². The van der Waals surface area contributed by atoms with Gasteiger partial charge >= 0.3 is 5.97 Å². The average molecular weight is 376 g/mol. The molecule has 138 valence electrons. The summed E-state index contributed by atoms with van der Waals surface area (Å²) in [6.07, 6.45) is 0. The van der Waals surface area contributed by atoms with E-state index in [-0.39, 0.29) is 0 Å². The molecule has 0 radical (unpaired) electrons. The van der Waals surface area contributed by atoms with Crippen molar-refractivity contribution in [2.75, 3.05) is 0 Å². The first-order valence-electron chi connectivity index (χ1n) is 8.16. The van der Waals surface area contributed by atoms with Crippen molar-refractivity contribution in [2.24, 2.45) is 0 Å². The predicted octanol–water partition coefficient (Wildman–Crippen LogP) is 1.20. The lowest BCUT2D eigenvalue weighted by molar-refractivity contribution is -0.170. The lowest BCUT2D eigenvalue weighted by Gasteiger charge is -2.51. The zero-order valence-electron chi connectivity index (χ0n) is 14.9. The van der Waals surface area contributed by atoms with Crippen molar-refractivity contribution in [1.82, 2.24) is 10.2 Å². The third-order valence-electron chi connectivity index (χ3n) is 5.04. The van der Waals surface area contributed by atoms with Crippen LogP contribution >= 0.6 is 11.8 Å². The SMILES string of the molecule is CC(=O)C1(NC(=O)c2ccccc2C)C(=O)N2[C@@H](C(=O)O)C(C)(C)S[C@@H]21. The molecule has 2 N–H and O–H groups in total. The number of carboxylic acid groups (broad SMARTS) is 1. The number of hydrogen-bond donors (Lipinski definition) is 2. The Labute approximate surface area is 155 Å². The minimum absolute atomic E-state index is 0.372. The van der Waals surface area contributed by atoms with Gasteiger partial charge in [-0.1, -0.05) is 18.2 Å². The van der Waals surface area contributed by atoms with Crippen LogP contribution in [0.3, 0.4) is 0 Å². The number of aliphatic carboxylic acids is 1. The molecule has 3 rings (SSSR count). The molecule has 1 aromatic carbocycles. The Morgan fingerprint density at radius 3 is 2.38 bits per heavy atom. The second kappa shape index (κ2) is 5.84. The number of hydrogen-bond acceptors (Lipinski definition) is 5. The molecule has 1 aromatic rings. The number of carbonyl (C=O) groups excluding carboxylic acids is 3. The number of fused-ring (bicyclic) bond motifs is 1. The van der Waals surface area contributed by atoms with E-state index in [1.165, 1.54) is 23.6 Å². The zero-order valence-corrected chi connectivity index (χ0v) is 15.7. The molecule has 0 bridgehead atoms. The van der Waals surface area contributed by atoms with Crippen LogP contribution in [0.25, 0.3) is 0 Å². The van der Waals surface area contributed by atoms with Gasteiger partial charge < -0.3 is 15.3 Å². The van der Waals surface area contributed by atoms with Crippen molar-refractivity contribution < 1.29 is 24.3 Å². The van der Waals surface area contributed by atoms with E-state index in [9.17, 15) is 24.3 Å². The molecule has 2 aliphatic heterocycles. The predicted molar refractivity (Wildman–Crippen MR) is 95.8 cm³/mol. The summed E-state index contributed by atoms with van der Waals surface area (Å²) in [6.45, 7) is 6.44. The Balaban J connectivity index is 1.98. The molecule has 0 aromatic heterocycles. The summed E-state index contributed by atoms with van der Waals surface area (Å²) in [5.74, 6) is -2.81. The van der Waals surface area contributed by atoms with Crippen LogP contribution in [0.2, 0.25) is 0 Å². The van der Waals surface area contributed by atoms with E-state index in [0.29, 0.717) is 5.56 Å². The summed E-state index contributed by atoms with van der Waals surface area (Å²) < 4.78 is -0.781. The van der Waals surface area contributed by atoms with Gasteiger partial charge in [-0.05, 0) is 39.3 Å². The van der Waals surface area contributed by atoms with E-state index in [1.54, 1.807) is 45.0 Å². The van der Waals surface area contributed by atoms with E-state index in [1.807, 2.05) is 0 Å². The zero-order chi connectivity index (χ0) is 19.4. The molecular weight excluding hydrogens is 356 g/mol. The van der Waals surface area contributed by atoms with E-state index in [4.69, 9.17) is 0 Å². The Morgan fingerprint density at radius 2 is 1.85 bits per heavy atom. The third-order valence-corrected chi connectivity index (χ3v) is 6.67. The van der Waals surface area contributed by atoms with Gasteiger partial charge in [-0.2, -0.15) is 0 Å². The van der Waals surface area contributed by atoms with Gasteiger partial charge in [0.25, 0.3) is 11.8 Å². The van der Waals surface area contributed by atoms with E-state index < -0.39 is 45.3 Å². The normalized spacial score (nSPS) is 28.9. The van der Waals surface area contributed by atoms with Gasteiger partial charge in [-0.3, -0.25) is 14.4 Å². The molecule has 2 heterocycles. The van der Waals surface area contributed by atoms with Crippen molar-refractivity contribution in [3.05, 3.63) is 35.4 Å². The number of carboxylic acids is 1. The molecule has 3 atom stereocenters. The fourth-order valence-electron chi connectivity index (χ4n) is 3.66. The monoisotopic (exact) mass is 376 g/mol. The van der Waals surface area contributed by atoms with Gasteiger partial charge in [0, 0.05) is 10.3 Å². The van der Waals surface area contributed by atoms with E-state index in [0.717, 1.165) is 5.56 Å². The number of carbonyl (C=O) groups is 4. The second-order valence-electron chi connectivity index (χ2n) is 7.16. The van der Waals surface area contributed by atoms with Crippen LogP contribution < -0.4 is 5.32 Å². The maximum atomic E-state index is 12.9. The second-order valence-corrected chi connectivity index (χ2v) is 8.89. The summed E-state index contributed by atoms with van der Waals surface area (Å²) in [5.41, 5.74) is -0.641. The molecule has 7 nitrogen and oxygen atoms in total. The number of rotatable bonds is 4. The number of aryl methyl sites for hydroxylation is 1. The van der Waals surface area contributed by atoms with Gasteiger partial charge in [-0.25, -0.2) is 4.79 Å². The largest absolute Gasteiger partial charge is 0.480 e. The quantitative estimate of drug-likeness (QED) is 0.604. The number of thioether (sulfide) groups is 1. The maximum absolute atomic E-state index is 12.9.